The molecular formula is C22H30OS. The summed E-state index contributed by atoms with van der Waals surface area (Å²) in [6.45, 7) is 13.5. The van der Waals surface area contributed by atoms with Gasteiger partial charge in [-0.2, -0.15) is 0 Å². The molecule has 0 aliphatic heterocycles. The summed E-state index contributed by atoms with van der Waals surface area (Å²) in [6.07, 6.45) is 2.30. The fourth-order valence-corrected chi connectivity index (χ4v) is 3.63. The van der Waals surface area contributed by atoms with E-state index in [1.54, 1.807) is 0 Å². The quantitative estimate of drug-likeness (QED) is 0.504. The van der Waals surface area contributed by atoms with Gasteiger partial charge in [0, 0.05) is 9.64 Å². The molecule has 0 heterocycles. The molecular weight excluding hydrogens is 312 g/mol. The van der Waals surface area contributed by atoms with Gasteiger partial charge in [0.25, 0.3) is 0 Å². The molecule has 2 rings (SSSR count). The van der Waals surface area contributed by atoms with Gasteiger partial charge in [0.05, 0.1) is 0 Å². The molecule has 0 aromatic heterocycles. The third kappa shape index (κ3) is 5.04. The van der Waals surface area contributed by atoms with Gasteiger partial charge in [-0.3, -0.25) is 0 Å². The molecule has 130 valence electrons. The summed E-state index contributed by atoms with van der Waals surface area (Å²) in [5.74, 6) is 1.78. The maximum atomic E-state index is 5.99. The summed E-state index contributed by atoms with van der Waals surface area (Å²) in [7, 11) is 0. The van der Waals surface area contributed by atoms with E-state index in [-0.39, 0.29) is 10.2 Å². The molecule has 0 unspecified atom stereocenters. The van der Waals surface area contributed by atoms with Crippen molar-refractivity contribution in [2.75, 3.05) is 0 Å². The Bertz CT molecular complexity index is 631. The molecule has 0 spiro atoms. The number of ether oxygens (including phenoxy) is 1. The second-order valence-corrected chi connectivity index (χ2v) is 9.48. The fourth-order valence-electron chi connectivity index (χ4n) is 2.65. The first-order valence-corrected chi connectivity index (χ1v) is 9.65. The molecule has 0 aliphatic rings. The van der Waals surface area contributed by atoms with E-state index in [1.807, 2.05) is 23.9 Å². The van der Waals surface area contributed by atoms with E-state index in [0.717, 1.165) is 24.3 Å². The maximum Gasteiger partial charge on any atom is 0.127 e. The summed E-state index contributed by atoms with van der Waals surface area (Å²) in [5.41, 5.74) is 1.64. The van der Waals surface area contributed by atoms with Crippen LogP contribution in [0.5, 0.6) is 11.5 Å². The number of benzene rings is 2. The molecule has 24 heavy (non-hydrogen) atoms. The summed E-state index contributed by atoms with van der Waals surface area (Å²) in [4.78, 5) is 1.27. The Morgan fingerprint density at radius 3 is 1.62 bits per heavy atom. The number of rotatable bonds is 6. The van der Waals surface area contributed by atoms with Gasteiger partial charge in [-0.25, -0.2) is 0 Å². The minimum atomic E-state index is 0.226. The molecule has 0 fully saturated rings. The SMILES string of the molecule is CCC(C)(CC)c1ccc(Oc2ccc(SC(C)(C)C)cc2)cc1. The van der Waals surface area contributed by atoms with Crippen LogP contribution in [0.1, 0.15) is 59.9 Å². The highest BCUT2D eigenvalue weighted by Crippen LogP contribution is 2.35. The molecule has 2 heteroatoms. The number of hydrogen-bond donors (Lipinski definition) is 0. The molecule has 1 nitrogen and oxygen atoms in total. The third-order valence-corrected chi connectivity index (χ3v) is 5.72. The summed E-state index contributed by atoms with van der Waals surface area (Å²) in [6, 6.07) is 16.9. The van der Waals surface area contributed by atoms with Crippen molar-refractivity contribution in [2.45, 2.75) is 69.4 Å². The normalized spacial score (nSPS) is 12.2. The van der Waals surface area contributed by atoms with Gasteiger partial charge in [-0.15, -0.1) is 11.8 Å². The molecule has 2 aromatic carbocycles. The highest BCUT2D eigenvalue weighted by Gasteiger charge is 2.21. The Kier molecular flexibility index (Phi) is 6.03. The smallest absolute Gasteiger partial charge is 0.127 e. The van der Waals surface area contributed by atoms with Crippen LogP contribution in [0.15, 0.2) is 53.4 Å². The van der Waals surface area contributed by atoms with Crippen LogP contribution in [-0.4, -0.2) is 4.75 Å². The van der Waals surface area contributed by atoms with Crippen molar-refractivity contribution >= 4 is 11.8 Å². The predicted molar refractivity (Wildman–Crippen MR) is 107 cm³/mol. The zero-order valence-corrected chi connectivity index (χ0v) is 16.7. The Morgan fingerprint density at radius 2 is 1.21 bits per heavy atom. The minimum absolute atomic E-state index is 0.226. The number of thioether (sulfide) groups is 1. The van der Waals surface area contributed by atoms with E-state index in [2.05, 4.69) is 77.9 Å². The average Bonchev–Trinajstić information content (AvgIpc) is 2.55. The molecule has 0 bridgehead atoms. The second kappa shape index (κ2) is 7.65. The Balaban J connectivity index is 2.06. The standard InChI is InChI=1S/C22H30OS/c1-7-22(6,8-2)17-9-11-18(12-10-17)23-19-13-15-20(16-14-19)24-21(3,4)5/h9-16H,7-8H2,1-6H3. The van der Waals surface area contributed by atoms with Crippen LogP contribution in [0.2, 0.25) is 0 Å². The zero-order valence-electron chi connectivity index (χ0n) is 15.8. The van der Waals surface area contributed by atoms with Gasteiger partial charge >= 0.3 is 0 Å². The van der Waals surface area contributed by atoms with Crippen molar-refractivity contribution in [2.24, 2.45) is 0 Å². The molecule has 0 atom stereocenters. The lowest BCUT2D eigenvalue weighted by Gasteiger charge is -2.27. The van der Waals surface area contributed by atoms with Crippen LogP contribution in [0.4, 0.5) is 0 Å². The van der Waals surface area contributed by atoms with E-state index in [0.29, 0.717) is 0 Å². The predicted octanol–water partition coefficient (Wildman–Crippen LogP) is 7.45. The van der Waals surface area contributed by atoms with Crippen LogP contribution < -0.4 is 4.74 Å². The first-order valence-electron chi connectivity index (χ1n) is 8.83. The highest BCUT2D eigenvalue weighted by molar-refractivity contribution is 8.00. The van der Waals surface area contributed by atoms with E-state index < -0.39 is 0 Å². The first kappa shape index (κ1) is 18.9. The summed E-state index contributed by atoms with van der Waals surface area (Å²) < 4.78 is 6.21. The van der Waals surface area contributed by atoms with Crippen molar-refractivity contribution in [3.63, 3.8) is 0 Å². The maximum absolute atomic E-state index is 5.99. The molecule has 0 saturated carbocycles. The minimum Gasteiger partial charge on any atom is -0.457 e. The van der Waals surface area contributed by atoms with Gasteiger partial charge in [-0.05, 0) is 60.2 Å². The Morgan fingerprint density at radius 1 is 0.750 bits per heavy atom. The second-order valence-electron chi connectivity index (χ2n) is 7.58. The van der Waals surface area contributed by atoms with Gasteiger partial charge in [0.15, 0.2) is 0 Å². The van der Waals surface area contributed by atoms with E-state index in [4.69, 9.17) is 4.74 Å². The lowest BCUT2D eigenvalue weighted by Crippen LogP contribution is -2.19. The fraction of sp³-hybridized carbons (Fsp3) is 0.455. The van der Waals surface area contributed by atoms with Crippen molar-refractivity contribution in [1.29, 1.82) is 0 Å². The van der Waals surface area contributed by atoms with E-state index >= 15 is 0 Å². The molecule has 0 N–H and O–H groups in total. The van der Waals surface area contributed by atoms with Crippen LogP contribution in [0.25, 0.3) is 0 Å². The average molecular weight is 343 g/mol. The van der Waals surface area contributed by atoms with Crippen LogP contribution >= 0.6 is 11.8 Å². The Labute approximate surface area is 151 Å². The summed E-state index contributed by atoms with van der Waals surface area (Å²) in [5, 5.41) is 0. The van der Waals surface area contributed by atoms with Crippen molar-refractivity contribution in [1.82, 2.24) is 0 Å². The van der Waals surface area contributed by atoms with Gasteiger partial charge in [0.2, 0.25) is 0 Å². The molecule has 0 saturated heterocycles. The van der Waals surface area contributed by atoms with Gasteiger partial charge in [-0.1, -0.05) is 53.7 Å². The van der Waals surface area contributed by atoms with Crippen LogP contribution in [0.3, 0.4) is 0 Å². The van der Waals surface area contributed by atoms with Crippen LogP contribution in [0, 0.1) is 0 Å². The van der Waals surface area contributed by atoms with Crippen molar-refractivity contribution in [3.05, 3.63) is 54.1 Å². The van der Waals surface area contributed by atoms with E-state index in [1.165, 1.54) is 10.5 Å². The van der Waals surface area contributed by atoms with E-state index in [9.17, 15) is 0 Å². The molecule has 2 aromatic rings. The van der Waals surface area contributed by atoms with Gasteiger partial charge < -0.3 is 4.74 Å². The van der Waals surface area contributed by atoms with Crippen molar-refractivity contribution in [3.8, 4) is 11.5 Å². The topological polar surface area (TPSA) is 9.23 Å². The molecule has 0 amide bonds. The lowest BCUT2D eigenvalue weighted by atomic mass is 9.78. The van der Waals surface area contributed by atoms with Gasteiger partial charge in [0.1, 0.15) is 11.5 Å². The largest absolute Gasteiger partial charge is 0.457 e. The number of hydrogen-bond acceptors (Lipinski definition) is 2. The molecule has 0 radical (unpaired) electrons. The zero-order chi connectivity index (χ0) is 17.8. The first-order chi connectivity index (χ1) is 11.3. The monoisotopic (exact) mass is 342 g/mol. The molecule has 0 aliphatic carbocycles. The highest BCUT2D eigenvalue weighted by atomic mass is 32.2. The van der Waals surface area contributed by atoms with Crippen LogP contribution in [-0.2, 0) is 5.41 Å². The summed E-state index contributed by atoms with van der Waals surface area (Å²) >= 11 is 1.87. The Hall–Kier alpha value is -1.41. The lowest BCUT2D eigenvalue weighted by molar-refractivity contribution is 0.436. The van der Waals surface area contributed by atoms with Crippen molar-refractivity contribution < 1.29 is 4.74 Å². The third-order valence-electron chi connectivity index (χ3n) is 4.60.